The molecule has 0 fully saturated rings. The van der Waals surface area contributed by atoms with Gasteiger partial charge in [0.2, 0.25) is 0 Å². The molecule has 0 saturated heterocycles. The van der Waals surface area contributed by atoms with Gasteiger partial charge in [-0.1, -0.05) is 0 Å². The summed E-state index contributed by atoms with van der Waals surface area (Å²) in [5.41, 5.74) is 1.58. The standard InChI is InChI=1S/C18H15FN2O3S/c1-23-14-7-13(8-15(9-14)24-2)20-17(22)16-10-25-18(21-16)11-3-5-12(19)6-4-11/h3-10H,1-2H3,(H,20,22). The second-order valence-corrected chi connectivity index (χ2v) is 5.96. The summed E-state index contributed by atoms with van der Waals surface area (Å²) in [7, 11) is 3.07. The van der Waals surface area contributed by atoms with Crippen LogP contribution in [0.25, 0.3) is 10.6 Å². The van der Waals surface area contributed by atoms with Crippen LogP contribution < -0.4 is 14.8 Å². The number of rotatable bonds is 5. The van der Waals surface area contributed by atoms with Crippen LogP contribution >= 0.6 is 11.3 Å². The molecule has 0 aliphatic rings. The third-order valence-electron chi connectivity index (χ3n) is 3.44. The minimum Gasteiger partial charge on any atom is -0.497 e. The first kappa shape index (κ1) is 16.9. The lowest BCUT2D eigenvalue weighted by Crippen LogP contribution is -2.12. The first-order valence-corrected chi connectivity index (χ1v) is 8.23. The van der Waals surface area contributed by atoms with Crippen LogP contribution in [0.5, 0.6) is 11.5 Å². The Balaban J connectivity index is 1.79. The van der Waals surface area contributed by atoms with E-state index >= 15 is 0 Å². The maximum Gasteiger partial charge on any atom is 0.275 e. The van der Waals surface area contributed by atoms with Crippen LogP contribution in [0.15, 0.2) is 47.8 Å². The van der Waals surface area contributed by atoms with Crippen LogP contribution in [-0.4, -0.2) is 25.1 Å². The van der Waals surface area contributed by atoms with Crippen LogP contribution in [0.4, 0.5) is 10.1 Å². The molecule has 3 rings (SSSR count). The quantitative estimate of drug-likeness (QED) is 0.742. The van der Waals surface area contributed by atoms with Crippen molar-refractivity contribution < 1.29 is 18.7 Å². The van der Waals surface area contributed by atoms with Crippen LogP contribution in [0.3, 0.4) is 0 Å². The molecule has 2 aromatic carbocycles. The van der Waals surface area contributed by atoms with Crippen LogP contribution in [0.1, 0.15) is 10.5 Å². The first-order chi connectivity index (χ1) is 12.1. The minimum atomic E-state index is -0.347. The van der Waals surface area contributed by atoms with Crippen molar-refractivity contribution >= 4 is 22.9 Å². The number of aromatic nitrogens is 1. The van der Waals surface area contributed by atoms with Gasteiger partial charge in [-0.25, -0.2) is 9.37 Å². The van der Waals surface area contributed by atoms with Crippen molar-refractivity contribution in [2.45, 2.75) is 0 Å². The largest absolute Gasteiger partial charge is 0.497 e. The summed E-state index contributed by atoms with van der Waals surface area (Å²) in [5.74, 6) is 0.477. The Kier molecular flexibility index (Phi) is 4.95. The van der Waals surface area contributed by atoms with E-state index in [-0.39, 0.29) is 17.4 Å². The van der Waals surface area contributed by atoms with Gasteiger partial charge in [0, 0.05) is 34.8 Å². The molecule has 128 valence electrons. The molecule has 0 aliphatic heterocycles. The van der Waals surface area contributed by atoms with Gasteiger partial charge in [-0.15, -0.1) is 11.3 Å². The third-order valence-corrected chi connectivity index (χ3v) is 4.33. The molecule has 0 aliphatic carbocycles. The van der Waals surface area contributed by atoms with Gasteiger partial charge >= 0.3 is 0 Å². The molecule has 0 radical (unpaired) electrons. The monoisotopic (exact) mass is 358 g/mol. The highest BCUT2D eigenvalue weighted by Gasteiger charge is 2.13. The number of methoxy groups -OCH3 is 2. The average Bonchev–Trinajstić information content (AvgIpc) is 3.12. The molecule has 0 saturated carbocycles. The maximum absolute atomic E-state index is 13.0. The summed E-state index contributed by atoms with van der Waals surface area (Å²) in [6, 6.07) is 11.1. The van der Waals surface area contributed by atoms with Gasteiger partial charge < -0.3 is 14.8 Å². The third kappa shape index (κ3) is 3.95. The van der Waals surface area contributed by atoms with E-state index in [1.54, 1.807) is 35.7 Å². The Bertz CT molecular complexity index is 871. The summed E-state index contributed by atoms with van der Waals surface area (Å²) >= 11 is 1.32. The minimum absolute atomic E-state index is 0.283. The molecule has 25 heavy (non-hydrogen) atoms. The Labute approximate surface area is 148 Å². The highest BCUT2D eigenvalue weighted by molar-refractivity contribution is 7.13. The van der Waals surface area contributed by atoms with E-state index in [2.05, 4.69) is 10.3 Å². The fourth-order valence-electron chi connectivity index (χ4n) is 2.18. The van der Waals surface area contributed by atoms with E-state index in [4.69, 9.17) is 9.47 Å². The number of anilines is 1. The lowest BCUT2D eigenvalue weighted by atomic mass is 10.2. The van der Waals surface area contributed by atoms with Crippen molar-refractivity contribution in [1.29, 1.82) is 0 Å². The van der Waals surface area contributed by atoms with E-state index in [0.29, 0.717) is 22.2 Å². The fourth-order valence-corrected chi connectivity index (χ4v) is 2.98. The van der Waals surface area contributed by atoms with Crippen molar-refractivity contribution in [2.24, 2.45) is 0 Å². The second kappa shape index (κ2) is 7.31. The average molecular weight is 358 g/mol. The van der Waals surface area contributed by atoms with Gasteiger partial charge in [0.1, 0.15) is 28.0 Å². The van der Waals surface area contributed by atoms with E-state index < -0.39 is 0 Å². The van der Waals surface area contributed by atoms with Crippen molar-refractivity contribution in [2.75, 3.05) is 19.5 Å². The number of nitrogens with one attached hydrogen (secondary N) is 1. The van der Waals surface area contributed by atoms with Crippen molar-refractivity contribution in [1.82, 2.24) is 4.98 Å². The SMILES string of the molecule is COc1cc(NC(=O)c2csc(-c3ccc(F)cc3)n2)cc(OC)c1. The summed E-state index contributed by atoms with van der Waals surface area (Å²) in [6.45, 7) is 0. The Morgan fingerprint density at radius 2 is 1.72 bits per heavy atom. The molecule has 3 aromatic rings. The predicted molar refractivity (Wildman–Crippen MR) is 95.0 cm³/mol. The molecule has 0 spiro atoms. The van der Waals surface area contributed by atoms with Crippen LogP contribution in [0, 0.1) is 5.82 Å². The van der Waals surface area contributed by atoms with Crippen molar-refractivity contribution in [3.05, 3.63) is 59.4 Å². The molecule has 5 nitrogen and oxygen atoms in total. The Morgan fingerprint density at radius 1 is 1.08 bits per heavy atom. The molecule has 1 amide bonds. The van der Waals surface area contributed by atoms with Gasteiger partial charge in [0.25, 0.3) is 5.91 Å². The number of halogens is 1. The molecule has 0 atom stereocenters. The number of nitrogens with zero attached hydrogens (tertiary/aromatic N) is 1. The molecule has 7 heteroatoms. The smallest absolute Gasteiger partial charge is 0.275 e. The number of amides is 1. The summed E-state index contributed by atoms with van der Waals surface area (Å²) in [5, 5.41) is 5.07. The van der Waals surface area contributed by atoms with Gasteiger partial charge in [-0.05, 0) is 24.3 Å². The number of benzene rings is 2. The van der Waals surface area contributed by atoms with Gasteiger partial charge in [-0.3, -0.25) is 4.79 Å². The zero-order chi connectivity index (χ0) is 17.8. The van der Waals surface area contributed by atoms with Crippen molar-refractivity contribution in [3.8, 4) is 22.1 Å². The molecular weight excluding hydrogens is 343 g/mol. The normalized spacial score (nSPS) is 10.4. The molecule has 0 bridgehead atoms. The lowest BCUT2D eigenvalue weighted by molar-refractivity contribution is 0.102. The van der Waals surface area contributed by atoms with E-state index in [1.165, 1.54) is 37.7 Å². The summed E-state index contributed by atoms with van der Waals surface area (Å²) in [6.07, 6.45) is 0. The van der Waals surface area contributed by atoms with Crippen molar-refractivity contribution in [3.63, 3.8) is 0 Å². The highest BCUT2D eigenvalue weighted by atomic mass is 32.1. The molecule has 1 aromatic heterocycles. The Morgan fingerprint density at radius 3 is 2.32 bits per heavy atom. The molecule has 1 heterocycles. The Hall–Kier alpha value is -2.93. The zero-order valence-electron chi connectivity index (χ0n) is 13.6. The second-order valence-electron chi connectivity index (χ2n) is 5.10. The number of hydrogen-bond acceptors (Lipinski definition) is 5. The highest BCUT2D eigenvalue weighted by Crippen LogP contribution is 2.27. The fraction of sp³-hybridized carbons (Fsp3) is 0.111. The number of ether oxygens (including phenoxy) is 2. The zero-order valence-corrected chi connectivity index (χ0v) is 14.4. The number of carbonyl (C=O) groups is 1. The van der Waals surface area contributed by atoms with Gasteiger partial charge in [0.05, 0.1) is 14.2 Å². The predicted octanol–water partition coefficient (Wildman–Crippen LogP) is 4.22. The number of hydrogen-bond donors (Lipinski definition) is 1. The van der Waals surface area contributed by atoms with E-state index in [0.717, 1.165) is 5.56 Å². The molecule has 1 N–H and O–H groups in total. The molecular formula is C18H15FN2O3S. The first-order valence-electron chi connectivity index (χ1n) is 7.35. The number of carbonyl (C=O) groups excluding carboxylic acids is 1. The molecule has 0 unspecified atom stereocenters. The van der Waals surface area contributed by atoms with Crippen LogP contribution in [-0.2, 0) is 0 Å². The lowest BCUT2D eigenvalue weighted by Gasteiger charge is -2.09. The number of thiazole rings is 1. The maximum atomic E-state index is 13.0. The van der Waals surface area contributed by atoms with Gasteiger partial charge in [0.15, 0.2) is 0 Å². The van der Waals surface area contributed by atoms with E-state index in [9.17, 15) is 9.18 Å². The van der Waals surface area contributed by atoms with Gasteiger partial charge in [-0.2, -0.15) is 0 Å². The topological polar surface area (TPSA) is 60.5 Å². The summed E-state index contributed by atoms with van der Waals surface area (Å²) < 4.78 is 23.4. The summed E-state index contributed by atoms with van der Waals surface area (Å²) in [4.78, 5) is 16.7. The van der Waals surface area contributed by atoms with E-state index in [1.807, 2.05) is 0 Å². The van der Waals surface area contributed by atoms with Crippen LogP contribution in [0.2, 0.25) is 0 Å².